The van der Waals surface area contributed by atoms with Crippen LogP contribution in [-0.2, 0) is 38.1 Å². The molecule has 1 aromatic rings. The van der Waals surface area contributed by atoms with E-state index in [1.54, 1.807) is 38.1 Å². The van der Waals surface area contributed by atoms with E-state index in [0.29, 0.717) is 10.6 Å². The molecule has 202 valence electrons. The Morgan fingerprint density at radius 2 is 1.86 bits per heavy atom. The fourth-order valence-electron chi connectivity index (χ4n) is 3.86. The van der Waals surface area contributed by atoms with Crippen LogP contribution in [0.25, 0.3) is 10.4 Å². The maximum absolute atomic E-state index is 13.0. The Morgan fingerprint density at radius 3 is 2.51 bits per heavy atom. The predicted octanol–water partition coefficient (Wildman–Crippen LogP) is 3.39. The van der Waals surface area contributed by atoms with Crippen molar-refractivity contribution in [2.45, 2.75) is 77.0 Å². The van der Waals surface area contributed by atoms with Crippen LogP contribution in [0.5, 0.6) is 0 Å². The van der Waals surface area contributed by atoms with Gasteiger partial charge in [-0.05, 0) is 44.9 Å². The molecule has 1 aromatic carbocycles. The second-order valence-corrected chi connectivity index (χ2v) is 9.93. The van der Waals surface area contributed by atoms with Gasteiger partial charge in [-0.1, -0.05) is 28.8 Å². The third kappa shape index (κ3) is 7.64. The van der Waals surface area contributed by atoms with E-state index in [2.05, 4.69) is 10.0 Å². The van der Waals surface area contributed by atoms with Gasteiger partial charge in [0.15, 0.2) is 24.8 Å². The lowest BCUT2D eigenvalue weighted by atomic mass is 9.89. The Kier molecular flexibility index (Phi) is 9.88. The zero-order valence-corrected chi connectivity index (χ0v) is 21.5. The maximum Gasteiger partial charge on any atom is 0.312 e. The van der Waals surface area contributed by atoms with Crippen molar-refractivity contribution in [2.24, 2.45) is 10.5 Å². The summed E-state index contributed by atoms with van der Waals surface area (Å²) in [6.07, 6.45) is -7.07. The summed E-state index contributed by atoms with van der Waals surface area (Å²) in [6.45, 7) is 4.59. The fraction of sp³-hybridized carbons (Fsp3) is 0.625. The molecule has 1 N–H and O–H groups in total. The minimum atomic E-state index is -1.65. The van der Waals surface area contributed by atoms with E-state index in [-0.39, 0.29) is 38.2 Å². The number of ether oxygens (including phenoxy) is 5. The van der Waals surface area contributed by atoms with Gasteiger partial charge in [0.1, 0.15) is 18.0 Å². The van der Waals surface area contributed by atoms with Crippen molar-refractivity contribution < 1.29 is 43.2 Å². The van der Waals surface area contributed by atoms with E-state index in [1.165, 1.54) is 6.92 Å². The van der Waals surface area contributed by atoms with Gasteiger partial charge in [0.2, 0.25) is 0 Å². The maximum atomic E-state index is 13.0. The number of ketones is 1. The monoisotopic (exact) mass is 539 g/mol. The summed E-state index contributed by atoms with van der Waals surface area (Å²) in [6, 6.07) is 6.76. The molecule has 3 rings (SSSR count). The van der Waals surface area contributed by atoms with Crippen LogP contribution >= 0.6 is 11.6 Å². The van der Waals surface area contributed by atoms with E-state index in [1.807, 2.05) is 0 Å². The van der Waals surface area contributed by atoms with E-state index >= 15 is 0 Å². The van der Waals surface area contributed by atoms with Gasteiger partial charge in [0, 0.05) is 28.5 Å². The lowest BCUT2D eigenvalue weighted by molar-refractivity contribution is -0.356. The zero-order valence-electron chi connectivity index (χ0n) is 20.7. The third-order valence-electron chi connectivity index (χ3n) is 6.09. The largest absolute Gasteiger partial charge is 0.455 e. The topological polar surface area (TPSA) is 166 Å². The van der Waals surface area contributed by atoms with E-state index < -0.39 is 54.3 Å². The minimum absolute atomic E-state index is 0.00512. The summed E-state index contributed by atoms with van der Waals surface area (Å²) in [5.41, 5.74) is 8.07. The number of benzene rings is 1. The molecule has 0 unspecified atom stereocenters. The van der Waals surface area contributed by atoms with Crippen LogP contribution in [0.1, 0.15) is 51.9 Å². The normalized spacial score (nSPS) is 27.4. The standard InChI is InChI=1S/C24H30ClN3O9/c1-13(29)4-9-17(30)35-19-18-16(12-33-22(36-18)14-5-7-15(25)8-6-14)34-21(31)20(19)37-23(32)24(2,3)10-11-27-28-26/h5-8,16,18-22,31H,4,9-12H2,1-3H3/t16-,18-,19+,20-,21+,22-/m1/s1. The molecular weight excluding hydrogens is 510 g/mol. The molecule has 0 amide bonds. The highest BCUT2D eigenvalue weighted by atomic mass is 35.5. The molecule has 37 heavy (non-hydrogen) atoms. The number of hydrogen-bond donors (Lipinski definition) is 1. The number of carbonyl (C=O) groups excluding carboxylic acids is 3. The number of aliphatic hydroxyl groups is 1. The Morgan fingerprint density at radius 1 is 1.16 bits per heavy atom. The first-order valence-corrected chi connectivity index (χ1v) is 12.2. The van der Waals surface area contributed by atoms with Gasteiger partial charge < -0.3 is 33.6 Å². The molecule has 0 bridgehead atoms. The Bertz CT molecular complexity index is 1030. The van der Waals surface area contributed by atoms with E-state index in [4.69, 9.17) is 40.8 Å². The average Bonchev–Trinajstić information content (AvgIpc) is 2.85. The molecule has 12 nitrogen and oxygen atoms in total. The van der Waals surface area contributed by atoms with Crippen LogP contribution in [0.3, 0.4) is 0 Å². The number of esters is 2. The van der Waals surface area contributed by atoms with Crippen molar-refractivity contribution in [2.75, 3.05) is 13.2 Å². The predicted molar refractivity (Wildman–Crippen MR) is 128 cm³/mol. The lowest BCUT2D eigenvalue weighted by Gasteiger charge is -2.47. The number of halogens is 1. The number of Topliss-reactive ketones (excluding diaryl/α,β-unsaturated/α-hetero) is 1. The Labute approximate surface area is 218 Å². The summed E-state index contributed by atoms with van der Waals surface area (Å²) in [5.74, 6) is -1.65. The molecule has 2 aliphatic heterocycles. The van der Waals surface area contributed by atoms with Gasteiger partial charge in [-0.2, -0.15) is 0 Å². The molecule has 0 saturated carbocycles. The number of fused-ring (bicyclic) bond motifs is 1. The number of nitrogens with zero attached hydrogens (tertiary/aromatic N) is 3. The molecule has 13 heteroatoms. The third-order valence-corrected chi connectivity index (χ3v) is 6.34. The first-order valence-electron chi connectivity index (χ1n) is 11.8. The van der Waals surface area contributed by atoms with Crippen LogP contribution in [0.2, 0.25) is 5.02 Å². The molecule has 2 fully saturated rings. The van der Waals surface area contributed by atoms with Crippen LogP contribution in [0.15, 0.2) is 29.4 Å². The van der Waals surface area contributed by atoms with Gasteiger partial charge in [0.05, 0.1) is 18.4 Å². The highest BCUT2D eigenvalue weighted by molar-refractivity contribution is 6.30. The summed E-state index contributed by atoms with van der Waals surface area (Å²) in [7, 11) is 0. The molecule has 0 spiro atoms. The van der Waals surface area contributed by atoms with Crippen molar-refractivity contribution in [1.29, 1.82) is 0 Å². The first kappa shape index (κ1) is 28.8. The van der Waals surface area contributed by atoms with E-state index in [0.717, 1.165) is 0 Å². The zero-order chi connectivity index (χ0) is 27.2. The number of hydrogen-bond acceptors (Lipinski definition) is 10. The first-order chi connectivity index (χ1) is 17.5. The quantitative estimate of drug-likeness (QED) is 0.203. The Hall–Kier alpha value is -2.73. The average molecular weight is 540 g/mol. The van der Waals surface area contributed by atoms with Crippen molar-refractivity contribution >= 4 is 29.3 Å². The highest BCUT2D eigenvalue weighted by Crippen LogP contribution is 2.37. The number of rotatable bonds is 10. The molecule has 2 heterocycles. The number of azide groups is 1. The molecular formula is C24H30ClN3O9. The van der Waals surface area contributed by atoms with Crippen LogP contribution in [0.4, 0.5) is 0 Å². The second-order valence-electron chi connectivity index (χ2n) is 9.50. The minimum Gasteiger partial charge on any atom is -0.455 e. The smallest absolute Gasteiger partial charge is 0.312 e. The Balaban J connectivity index is 1.84. The molecule has 6 atom stereocenters. The van der Waals surface area contributed by atoms with E-state index in [9.17, 15) is 19.5 Å². The summed E-state index contributed by atoms with van der Waals surface area (Å²) >= 11 is 5.97. The van der Waals surface area contributed by atoms with Crippen molar-refractivity contribution in [1.82, 2.24) is 0 Å². The van der Waals surface area contributed by atoms with Gasteiger partial charge >= 0.3 is 11.9 Å². The van der Waals surface area contributed by atoms with Gasteiger partial charge in [-0.15, -0.1) is 0 Å². The van der Waals surface area contributed by atoms with Crippen LogP contribution in [-0.4, -0.2) is 66.7 Å². The molecule has 0 aromatic heterocycles. The van der Waals surface area contributed by atoms with Gasteiger partial charge in [0.25, 0.3) is 0 Å². The SMILES string of the molecule is CC(=O)CCC(=O)O[C@@H]1[C@@H](OC(=O)C(C)(C)CCN=[N+]=[N-])[C@@H](O)O[C@@H]2CO[C@@H](c3ccc(Cl)cc3)O[C@@H]12. The fourth-order valence-corrected chi connectivity index (χ4v) is 3.99. The summed E-state index contributed by atoms with van der Waals surface area (Å²) in [5, 5.41) is 14.7. The van der Waals surface area contributed by atoms with Gasteiger partial charge in [-0.3, -0.25) is 9.59 Å². The number of aliphatic hydroxyl groups excluding tert-OH is 1. The summed E-state index contributed by atoms with van der Waals surface area (Å²) in [4.78, 5) is 39.6. The lowest BCUT2D eigenvalue weighted by Crippen LogP contribution is -2.64. The van der Waals surface area contributed by atoms with Crippen molar-refractivity contribution in [3.8, 4) is 0 Å². The molecule has 2 aliphatic rings. The summed E-state index contributed by atoms with van der Waals surface area (Å²) < 4.78 is 28.7. The highest BCUT2D eigenvalue weighted by Gasteiger charge is 2.54. The van der Waals surface area contributed by atoms with Crippen LogP contribution < -0.4 is 0 Å². The second kappa shape index (κ2) is 12.7. The van der Waals surface area contributed by atoms with Gasteiger partial charge in [-0.25, -0.2) is 0 Å². The molecule has 0 radical (unpaired) electrons. The molecule has 2 saturated heterocycles. The van der Waals surface area contributed by atoms with Crippen LogP contribution in [0, 0.1) is 5.41 Å². The molecule has 0 aliphatic carbocycles. The number of carbonyl (C=O) groups is 3. The van der Waals surface area contributed by atoms with Crippen molar-refractivity contribution in [3.63, 3.8) is 0 Å². The van der Waals surface area contributed by atoms with Crippen molar-refractivity contribution in [3.05, 3.63) is 45.3 Å².